The first kappa shape index (κ1) is 14.7. The number of carbonyl (C=O) groups excluding carboxylic acids is 1. The topological polar surface area (TPSA) is 55.1 Å². The molecule has 0 bridgehead atoms. The Labute approximate surface area is 110 Å². The van der Waals surface area contributed by atoms with Crippen LogP contribution in [0.2, 0.25) is 0 Å². The number of hydrogen-bond acceptors (Lipinski definition) is 2. The lowest BCUT2D eigenvalue weighted by Gasteiger charge is -2.12. The smallest absolute Gasteiger partial charge is 0.220 e. The first-order valence-corrected chi connectivity index (χ1v) is 6.68. The standard InChI is InChI=1S/C15H24N2O/c1-3-13(11-16)10-15(18)17-8-7-14-6-4-5-12(2)9-14/h4-6,9,13H,3,7-8,10-11,16H2,1-2H3,(H,17,18). The van der Waals surface area contributed by atoms with Gasteiger partial charge in [0.15, 0.2) is 0 Å². The second-order valence-electron chi connectivity index (χ2n) is 4.80. The predicted octanol–water partition coefficient (Wildman–Crippen LogP) is 2.03. The number of hydrogen-bond donors (Lipinski definition) is 2. The van der Waals surface area contributed by atoms with E-state index >= 15 is 0 Å². The van der Waals surface area contributed by atoms with Crippen molar-refractivity contribution >= 4 is 5.91 Å². The van der Waals surface area contributed by atoms with Gasteiger partial charge in [0.2, 0.25) is 5.91 Å². The summed E-state index contributed by atoms with van der Waals surface area (Å²) in [4.78, 5) is 11.7. The second-order valence-corrected chi connectivity index (χ2v) is 4.80. The minimum absolute atomic E-state index is 0.111. The van der Waals surface area contributed by atoms with Gasteiger partial charge < -0.3 is 11.1 Å². The van der Waals surface area contributed by atoms with Crippen molar-refractivity contribution in [2.24, 2.45) is 11.7 Å². The number of aryl methyl sites for hydroxylation is 1. The highest BCUT2D eigenvalue weighted by molar-refractivity contribution is 5.76. The quantitative estimate of drug-likeness (QED) is 0.775. The molecule has 0 spiro atoms. The molecule has 1 unspecified atom stereocenters. The number of nitrogens with two attached hydrogens (primary N) is 1. The van der Waals surface area contributed by atoms with E-state index in [-0.39, 0.29) is 5.91 Å². The zero-order valence-electron chi connectivity index (χ0n) is 11.4. The molecule has 1 aromatic rings. The maximum absolute atomic E-state index is 11.7. The van der Waals surface area contributed by atoms with Crippen molar-refractivity contribution in [3.8, 4) is 0 Å². The average molecular weight is 248 g/mol. The molecule has 0 saturated carbocycles. The van der Waals surface area contributed by atoms with Crippen LogP contribution in [-0.4, -0.2) is 19.0 Å². The molecule has 1 rings (SSSR count). The van der Waals surface area contributed by atoms with Gasteiger partial charge in [-0.15, -0.1) is 0 Å². The Kier molecular flexibility index (Phi) is 6.44. The SMILES string of the molecule is CCC(CN)CC(=O)NCCc1cccc(C)c1. The summed E-state index contributed by atoms with van der Waals surface area (Å²) in [6.07, 6.45) is 2.38. The first-order valence-electron chi connectivity index (χ1n) is 6.68. The Morgan fingerprint density at radius 2 is 2.22 bits per heavy atom. The first-order chi connectivity index (χ1) is 8.65. The van der Waals surface area contributed by atoms with E-state index in [4.69, 9.17) is 5.73 Å². The maximum Gasteiger partial charge on any atom is 0.220 e. The molecule has 0 fully saturated rings. The van der Waals surface area contributed by atoms with Gasteiger partial charge in [-0.1, -0.05) is 43.2 Å². The molecule has 1 amide bonds. The van der Waals surface area contributed by atoms with Gasteiger partial charge in [-0.05, 0) is 31.4 Å². The minimum atomic E-state index is 0.111. The van der Waals surface area contributed by atoms with Gasteiger partial charge >= 0.3 is 0 Å². The van der Waals surface area contributed by atoms with Crippen LogP contribution >= 0.6 is 0 Å². The van der Waals surface area contributed by atoms with Crippen LogP contribution in [0.5, 0.6) is 0 Å². The monoisotopic (exact) mass is 248 g/mol. The molecule has 1 aromatic carbocycles. The third-order valence-corrected chi connectivity index (χ3v) is 3.20. The minimum Gasteiger partial charge on any atom is -0.356 e. The van der Waals surface area contributed by atoms with E-state index in [0.29, 0.717) is 25.4 Å². The molecule has 0 aliphatic carbocycles. The molecular weight excluding hydrogens is 224 g/mol. The fraction of sp³-hybridized carbons (Fsp3) is 0.533. The maximum atomic E-state index is 11.7. The highest BCUT2D eigenvalue weighted by atomic mass is 16.1. The lowest BCUT2D eigenvalue weighted by atomic mass is 10.0. The molecule has 18 heavy (non-hydrogen) atoms. The largest absolute Gasteiger partial charge is 0.356 e. The van der Waals surface area contributed by atoms with E-state index in [1.807, 2.05) is 6.07 Å². The van der Waals surface area contributed by atoms with Crippen molar-refractivity contribution in [1.82, 2.24) is 5.32 Å². The second kappa shape index (κ2) is 7.88. The average Bonchev–Trinajstić information content (AvgIpc) is 2.36. The van der Waals surface area contributed by atoms with Gasteiger partial charge in [0.1, 0.15) is 0 Å². The highest BCUT2D eigenvalue weighted by Gasteiger charge is 2.09. The fourth-order valence-electron chi connectivity index (χ4n) is 1.94. The Balaban J connectivity index is 2.27. The summed E-state index contributed by atoms with van der Waals surface area (Å²) in [6.45, 7) is 5.43. The molecule has 0 aromatic heterocycles. The molecular formula is C15H24N2O. The molecule has 0 aliphatic heterocycles. The van der Waals surface area contributed by atoms with Crippen molar-refractivity contribution in [3.63, 3.8) is 0 Å². The van der Waals surface area contributed by atoms with Gasteiger partial charge in [-0.3, -0.25) is 4.79 Å². The molecule has 0 heterocycles. The van der Waals surface area contributed by atoms with E-state index in [1.165, 1.54) is 11.1 Å². The molecule has 3 heteroatoms. The molecule has 1 atom stereocenters. The van der Waals surface area contributed by atoms with Crippen molar-refractivity contribution in [2.45, 2.75) is 33.1 Å². The van der Waals surface area contributed by atoms with Crippen LogP contribution < -0.4 is 11.1 Å². The van der Waals surface area contributed by atoms with E-state index in [0.717, 1.165) is 12.8 Å². The molecule has 0 aliphatic rings. The number of nitrogens with one attached hydrogen (secondary N) is 1. The van der Waals surface area contributed by atoms with E-state index in [1.54, 1.807) is 0 Å². The summed E-state index contributed by atoms with van der Waals surface area (Å²) in [7, 11) is 0. The summed E-state index contributed by atoms with van der Waals surface area (Å²) in [5, 5.41) is 2.96. The normalized spacial score (nSPS) is 12.2. The van der Waals surface area contributed by atoms with Crippen LogP contribution in [0.3, 0.4) is 0 Å². The van der Waals surface area contributed by atoms with Crippen LogP contribution in [0, 0.1) is 12.8 Å². The fourth-order valence-corrected chi connectivity index (χ4v) is 1.94. The van der Waals surface area contributed by atoms with Gasteiger partial charge in [-0.2, -0.15) is 0 Å². The van der Waals surface area contributed by atoms with Gasteiger partial charge in [0.25, 0.3) is 0 Å². The van der Waals surface area contributed by atoms with Crippen molar-refractivity contribution in [3.05, 3.63) is 35.4 Å². The number of carbonyl (C=O) groups is 1. The van der Waals surface area contributed by atoms with Gasteiger partial charge in [0.05, 0.1) is 0 Å². The van der Waals surface area contributed by atoms with Crippen molar-refractivity contribution in [2.75, 3.05) is 13.1 Å². The summed E-state index contributed by atoms with van der Waals surface area (Å²) < 4.78 is 0. The third-order valence-electron chi connectivity index (χ3n) is 3.20. The zero-order chi connectivity index (χ0) is 13.4. The van der Waals surface area contributed by atoms with Crippen LogP contribution in [0.25, 0.3) is 0 Å². The lowest BCUT2D eigenvalue weighted by Crippen LogP contribution is -2.29. The molecule has 100 valence electrons. The van der Waals surface area contributed by atoms with Crippen molar-refractivity contribution < 1.29 is 4.79 Å². The Morgan fingerprint density at radius 1 is 1.44 bits per heavy atom. The van der Waals surface area contributed by atoms with E-state index in [9.17, 15) is 4.79 Å². The molecule has 0 radical (unpaired) electrons. The Bertz CT molecular complexity index is 373. The molecule has 3 N–H and O–H groups in total. The van der Waals surface area contributed by atoms with Crippen LogP contribution in [0.1, 0.15) is 30.9 Å². The number of benzene rings is 1. The summed E-state index contributed by atoms with van der Waals surface area (Å²) in [6, 6.07) is 8.37. The summed E-state index contributed by atoms with van der Waals surface area (Å²) >= 11 is 0. The lowest BCUT2D eigenvalue weighted by molar-refractivity contribution is -0.121. The summed E-state index contributed by atoms with van der Waals surface area (Å²) in [5.41, 5.74) is 8.11. The Hall–Kier alpha value is -1.35. The Morgan fingerprint density at radius 3 is 2.83 bits per heavy atom. The summed E-state index contributed by atoms with van der Waals surface area (Å²) in [5.74, 6) is 0.420. The number of rotatable bonds is 7. The van der Waals surface area contributed by atoms with Gasteiger partial charge in [0, 0.05) is 13.0 Å². The van der Waals surface area contributed by atoms with E-state index in [2.05, 4.69) is 37.4 Å². The third kappa shape index (κ3) is 5.32. The highest BCUT2D eigenvalue weighted by Crippen LogP contribution is 2.06. The number of amides is 1. The predicted molar refractivity (Wildman–Crippen MR) is 75.3 cm³/mol. The van der Waals surface area contributed by atoms with Crippen LogP contribution in [-0.2, 0) is 11.2 Å². The van der Waals surface area contributed by atoms with E-state index < -0.39 is 0 Å². The zero-order valence-corrected chi connectivity index (χ0v) is 11.4. The van der Waals surface area contributed by atoms with Crippen molar-refractivity contribution in [1.29, 1.82) is 0 Å². The molecule has 0 saturated heterocycles. The van der Waals surface area contributed by atoms with Gasteiger partial charge in [-0.25, -0.2) is 0 Å². The van der Waals surface area contributed by atoms with Crippen LogP contribution in [0.15, 0.2) is 24.3 Å². The molecule has 3 nitrogen and oxygen atoms in total. The van der Waals surface area contributed by atoms with Crippen LogP contribution in [0.4, 0.5) is 0 Å².